The lowest BCUT2D eigenvalue weighted by atomic mass is 9.94. The number of allylic oxidation sites excluding steroid dienone is 1. The summed E-state index contributed by atoms with van der Waals surface area (Å²) in [5.74, 6) is -0.421. The van der Waals surface area contributed by atoms with Gasteiger partial charge in [-0.15, -0.1) is 0 Å². The molecule has 3 rings (SSSR count). The summed E-state index contributed by atoms with van der Waals surface area (Å²) in [5, 5.41) is 20.6. The third kappa shape index (κ3) is 4.09. The Hall–Kier alpha value is -2.68. The molecule has 0 saturated carbocycles. The fourth-order valence-electron chi connectivity index (χ4n) is 2.86. The predicted octanol–water partition coefficient (Wildman–Crippen LogP) is 4.33. The molecule has 2 aromatic carbocycles. The first-order valence-electron chi connectivity index (χ1n) is 8.06. The molecule has 2 aromatic rings. The fourth-order valence-corrected chi connectivity index (χ4v) is 3.75. The highest BCUT2D eigenvalue weighted by molar-refractivity contribution is 7.80. The first-order chi connectivity index (χ1) is 13.3. The Balaban J connectivity index is 1.96. The lowest BCUT2D eigenvalue weighted by molar-refractivity contribution is -0.384. The highest BCUT2D eigenvalue weighted by Gasteiger charge is 2.32. The van der Waals surface area contributed by atoms with Gasteiger partial charge in [-0.05, 0) is 43.4 Å². The van der Waals surface area contributed by atoms with E-state index in [0.717, 1.165) is 0 Å². The van der Waals surface area contributed by atoms with Gasteiger partial charge in [-0.25, -0.2) is 0 Å². The van der Waals surface area contributed by atoms with Gasteiger partial charge in [-0.3, -0.25) is 14.9 Å². The molecule has 0 fully saturated rings. The molecular weight excluding hydrogens is 423 g/mol. The summed E-state index contributed by atoms with van der Waals surface area (Å²) in [7, 11) is 0. The zero-order valence-electron chi connectivity index (χ0n) is 14.5. The molecule has 7 nitrogen and oxygen atoms in total. The number of thiocarbonyl (C=S) groups is 1. The van der Waals surface area contributed by atoms with E-state index in [2.05, 4.69) is 16.0 Å². The number of halogens is 2. The van der Waals surface area contributed by atoms with Gasteiger partial charge in [0.25, 0.3) is 11.6 Å². The Morgan fingerprint density at radius 1 is 1.18 bits per heavy atom. The van der Waals surface area contributed by atoms with Crippen LogP contribution in [0.2, 0.25) is 10.0 Å². The number of nitrogens with one attached hydrogen (secondary N) is 3. The van der Waals surface area contributed by atoms with E-state index < -0.39 is 16.9 Å². The summed E-state index contributed by atoms with van der Waals surface area (Å²) in [5.41, 5.74) is 1.77. The van der Waals surface area contributed by atoms with Gasteiger partial charge in [-0.2, -0.15) is 0 Å². The second kappa shape index (κ2) is 8.14. The molecule has 1 aliphatic heterocycles. The Kier molecular flexibility index (Phi) is 5.83. The third-order valence-corrected chi connectivity index (χ3v) is 5.02. The van der Waals surface area contributed by atoms with Crippen LogP contribution in [-0.4, -0.2) is 15.9 Å². The van der Waals surface area contributed by atoms with E-state index in [1.165, 1.54) is 24.3 Å². The highest BCUT2D eigenvalue weighted by Crippen LogP contribution is 2.36. The zero-order valence-corrected chi connectivity index (χ0v) is 16.8. The van der Waals surface area contributed by atoms with Crippen molar-refractivity contribution in [1.29, 1.82) is 0 Å². The van der Waals surface area contributed by atoms with Gasteiger partial charge < -0.3 is 16.0 Å². The van der Waals surface area contributed by atoms with Crippen molar-refractivity contribution in [2.24, 2.45) is 0 Å². The van der Waals surface area contributed by atoms with E-state index in [1.54, 1.807) is 25.1 Å². The van der Waals surface area contributed by atoms with Crippen LogP contribution in [0.5, 0.6) is 0 Å². The van der Waals surface area contributed by atoms with Gasteiger partial charge >= 0.3 is 0 Å². The van der Waals surface area contributed by atoms with Crippen LogP contribution < -0.4 is 16.0 Å². The Morgan fingerprint density at radius 2 is 1.79 bits per heavy atom. The maximum atomic E-state index is 13.0. The number of amides is 1. The molecule has 3 N–H and O–H groups in total. The van der Waals surface area contributed by atoms with E-state index in [4.69, 9.17) is 35.4 Å². The van der Waals surface area contributed by atoms with Crippen molar-refractivity contribution in [2.75, 3.05) is 5.32 Å². The third-order valence-electron chi connectivity index (χ3n) is 4.14. The number of hydrogen-bond donors (Lipinski definition) is 3. The summed E-state index contributed by atoms with van der Waals surface area (Å²) in [6, 6.07) is 9.94. The van der Waals surface area contributed by atoms with Gasteiger partial charge in [0.05, 0.1) is 16.5 Å². The average Bonchev–Trinajstić information content (AvgIpc) is 2.61. The Labute approximate surface area is 175 Å². The molecule has 1 heterocycles. The highest BCUT2D eigenvalue weighted by atomic mass is 35.5. The van der Waals surface area contributed by atoms with Crippen molar-refractivity contribution < 1.29 is 9.72 Å². The first kappa shape index (κ1) is 20.1. The topological polar surface area (TPSA) is 96.3 Å². The minimum absolute atomic E-state index is 0.0690. The number of nitro groups is 1. The van der Waals surface area contributed by atoms with Crippen molar-refractivity contribution in [3.8, 4) is 0 Å². The summed E-state index contributed by atoms with van der Waals surface area (Å²) in [6.07, 6.45) is 0. The van der Waals surface area contributed by atoms with Crippen molar-refractivity contribution in [3.05, 3.63) is 79.5 Å². The number of hydrogen-bond acceptors (Lipinski definition) is 4. The number of carbonyl (C=O) groups is 1. The Morgan fingerprint density at radius 3 is 2.36 bits per heavy atom. The van der Waals surface area contributed by atoms with Gasteiger partial charge in [-0.1, -0.05) is 29.3 Å². The lowest BCUT2D eigenvalue weighted by Gasteiger charge is -2.31. The van der Waals surface area contributed by atoms with Gasteiger partial charge in [0, 0.05) is 39.1 Å². The number of rotatable bonds is 4. The predicted molar refractivity (Wildman–Crippen MR) is 112 cm³/mol. The van der Waals surface area contributed by atoms with E-state index in [0.29, 0.717) is 37.7 Å². The van der Waals surface area contributed by atoms with Crippen LogP contribution in [0, 0.1) is 10.1 Å². The Bertz CT molecular complexity index is 988. The van der Waals surface area contributed by atoms with Crippen LogP contribution in [0.15, 0.2) is 53.7 Å². The molecule has 0 aliphatic carbocycles. The van der Waals surface area contributed by atoms with Crippen LogP contribution in [0.3, 0.4) is 0 Å². The molecule has 1 unspecified atom stereocenters. The molecule has 144 valence electrons. The number of nitro benzene ring substituents is 1. The number of benzene rings is 2. The van der Waals surface area contributed by atoms with Crippen LogP contribution in [-0.2, 0) is 4.79 Å². The molecule has 10 heteroatoms. The summed E-state index contributed by atoms with van der Waals surface area (Å²) in [4.78, 5) is 23.3. The molecule has 0 saturated heterocycles. The van der Waals surface area contributed by atoms with Crippen LogP contribution >= 0.6 is 35.4 Å². The molecule has 1 atom stereocenters. The molecule has 1 amide bonds. The fraction of sp³-hybridized carbons (Fsp3) is 0.111. The maximum Gasteiger partial charge on any atom is 0.269 e. The van der Waals surface area contributed by atoms with Crippen LogP contribution in [0.1, 0.15) is 18.5 Å². The summed E-state index contributed by atoms with van der Waals surface area (Å²) < 4.78 is 0. The first-order valence-corrected chi connectivity index (χ1v) is 9.22. The standard InChI is InChI=1S/C18H14Cl2N4O3S/c1-9-14(17(25)22-10-5-7-11(8-6-10)24(26)27)16(23-18(28)21-9)15-12(19)3-2-4-13(15)20/h2-8,16H,1H3,(H,22,25)(H2,21,23,28). The molecule has 0 spiro atoms. The van der Waals surface area contributed by atoms with Gasteiger partial charge in [0.15, 0.2) is 5.11 Å². The smallest absolute Gasteiger partial charge is 0.269 e. The van der Waals surface area contributed by atoms with Crippen molar-refractivity contribution in [1.82, 2.24) is 10.6 Å². The molecule has 28 heavy (non-hydrogen) atoms. The van der Waals surface area contributed by atoms with Gasteiger partial charge in [0.2, 0.25) is 0 Å². The van der Waals surface area contributed by atoms with Crippen molar-refractivity contribution >= 4 is 57.8 Å². The number of non-ortho nitro benzene ring substituents is 1. The molecule has 0 bridgehead atoms. The second-order valence-corrected chi connectivity index (χ2v) is 7.19. The molecular formula is C18H14Cl2N4O3S. The van der Waals surface area contributed by atoms with Crippen molar-refractivity contribution in [3.63, 3.8) is 0 Å². The lowest BCUT2D eigenvalue weighted by Crippen LogP contribution is -2.46. The summed E-state index contributed by atoms with van der Waals surface area (Å²) in [6.45, 7) is 1.72. The molecule has 0 aromatic heterocycles. The van der Waals surface area contributed by atoms with Crippen LogP contribution in [0.25, 0.3) is 0 Å². The van der Waals surface area contributed by atoms with Crippen molar-refractivity contribution in [2.45, 2.75) is 13.0 Å². The van der Waals surface area contributed by atoms with E-state index in [-0.39, 0.29) is 5.69 Å². The number of anilines is 1. The second-order valence-electron chi connectivity index (χ2n) is 5.96. The minimum Gasteiger partial charge on any atom is -0.351 e. The monoisotopic (exact) mass is 436 g/mol. The normalized spacial score (nSPS) is 16.2. The molecule has 1 aliphatic rings. The van der Waals surface area contributed by atoms with E-state index >= 15 is 0 Å². The largest absolute Gasteiger partial charge is 0.351 e. The molecule has 0 radical (unpaired) electrons. The van der Waals surface area contributed by atoms with Crippen LogP contribution in [0.4, 0.5) is 11.4 Å². The van der Waals surface area contributed by atoms with E-state index in [1.807, 2.05) is 0 Å². The maximum absolute atomic E-state index is 13.0. The zero-order chi connectivity index (χ0) is 20.4. The quantitative estimate of drug-likeness (QED) is 0.374. The van der Waals surface area contributed by atoms with E-state index in [9.17, 15) is 14.9 Å². The van der Waals surface area contributed by atoms with Gasteiger partial charge in [0.1, 0.15) is 0 Å². The summed E-state index contributed by atoms with van der Waals surface area (Å²) >= 11 is 17.9. The average molecular weight is 437 g/mol. The SMILES string of the molecule is CC1=C(C(=O)Nc2ccc([N+](=O)[O-])cc2)C(c2c(Cl)cccc2Cl)NC(=S)N1. The minimum atomic E-state index is -0.659. The number of carbonyl (C=O) groups excluding carboxylic acids is 1. The number of nitrogens with zero attached hydrogens (tertiary/aromatic N) is 1.